The van der Waals surface area contributed by atoms with Gasteiger partial charge in [-0.15, -0.1) is 0 Å². The number of benzene rings is 1. The number of hydrogen-bond acceptors (Lipinski definition) is 5. The Hall–Kier alpha value is -2.28. The van der Waals surface area contributed by atoms with Crippen LogP contribution in [0.4, 0.5) is 10.5 Å². The second-order valence-corrected chi connectivity index (χ2v) is 7.56. The second-order valence-electron chi connectivity index (χ2n) is 7.56. The smallest absolute Gasteiger partial charge is 0.407 e. The van der Waals surface area contributed by atoms with Gasteiger partial charge in [0.15, 0.2) is 0 Å². The molecule has 0 aromatic heterocycles. The Kier molecular flexibility index (Phi) is 4.48. The summed E-state index contributed by atoms with van der Waals surface area (Å²) < 4.78 is 5.42. The van der Waals surface area contributed by atoms with Crippen molar-refractivity contribution in [2.24, 2.45) is 0 Å². The van der Waals surface area contributed by atoms with Crippen molar-refractivity contribution in [1.82, 2.24) is 15.1 Å². The van der Waals surface area contributed by atoms with E-state index in [1.54, 1.807) is 0 Å². The molecule has 0 radical (unpaired) electrons. The molecule has 0 aliphatic carbocycles. The predicted octanol–water partition coefficient (Wildman–Crippen LogP) is 1.15. The Balaban J connectivity index is 1.36. The van der Waals surface area contributed by atoms with Crippen LogP contribution in [0.3, 0.4) is 0 Å². The first-order chi connectivity index (χ1) is 12.5. The number of rotatable bonds is 2. The van der Waals surface area contributed by atoms with Gasteiger partial charge in [-0.1, -0.05) is 0 Å². The average Bonchev–Trinajstić information content (AvgIpc) is 3.03. The predicted molar refractivity (Wildman–Crippen MR) is 98.5 cm³/mol. The minimum absolute atomic E-state index is 0.0575. The number of ether oxygens (including phenoxy) is 1. The zero-order valence-electron chi connectivity index (χ0n) is 15.2. The second kappa shape index (κ2) is 6.79. The average molecular weight is 358 g/mol. The van der Waals surface area contributed by atoms with Crippen LogP contribution in [0.1, 0.15) is 23.2 Å². The van der Waals surface area contributed by atoms with Crippen molar-refractivity contribution < 1.29 is 14.3 Å². The lowest BCUT2D eigenvalue weighted by molar-refractivity contribution is 0.00331. The summed E-state index contributed by atoms with van der Waals surface area (Å²) >= 11 is 0. The van der Waals surface area contributed by atoms with E-state index < -0.39 is 5.60 Å². The molecule has 7 heteroatoms. The molecule has 7 nitrogen and oxygen atoms in total. The number of hydrogen-bond donors (Lipinski definition) is 1. The van der Waals surface area contributed by atoms with Crippen LogP contribution >= 0.6 is 0 Å². The van der Waals surface area contributed by atoms with Gasteiger partial charge >= 0.3 is 6.09 Å². The normalized spacial score (nSPS) is 23.0. The van der Waals surface area contributed by atoms with E-state index in [-0.39, 0.29) is 12.0 Å². The van der Waals surface area contributed by atoms with Gasteiger partial charge in [0, 0.05) is 63.4 Å². The Morgan fingerprint density at radius 3 is 2.27 bits per heavy atom. The van der Waals surface area contributed by atoms with Gasteiger partial charge in [-0.25, -0.2) is 4.79 Å². The zero-order valence-corrected chi connectivity index (χ0v) is 15.2. The fourth-order valence-corrected chi connectivity index (χ4v) is 3.96. The summed E-state index contributed by atoms with van der Waals surface area (Å²) in [5, 5.41) is 2.72. The van der Waals surface area contributed by atoms with Crippen LogP contribution in [0, 0.1) is 0 Å². The number of carbonyl (C=O) groups is 2. The van der Waals surface area contributed by atoms with E-state index in [0.29, 0.717) is 32.5 Å². The largest absolute Gasteiger partial charge is 0.441 e. The Morgan fingerprint density at radius 1 is 1.04 bits per heavy atom. The molecule has 3 saturated heterocycles. The van der Waals surface area contributed by atoms with Gasteiger partial charge in [-0.05, 0) is 31.3 Å². The number of piperazine rings is 1. The molecule has 0 unspecified atom stereocenters. The van der Waals surface area contributed by atoms with Gasteiger partial charge in [0.25, 0.3) is 5.91 Å². The third kappa shape index (κ3) is 3.35. The standard InChI is InChI=1S/C19H26N4O3/c1-21-10-12-22(13-11-21)16-4-2-15(3-5-16)17(24)23-8-6-19(7-9-23)14-20-18(25)26-19/h2-5H,6-14H2,1H3,(H,20,25). The Bertz CT molecular complexity index is 675. The van der Waals surface area contributed by atoms with Gasteiger partial charge in [0.05, 0.1) is 6.54 Å². The summed E-state index contributed by atoms with van der Waals surface area (Å²) in [6, 6.07) is 7.95. The number of likely N-dealkylation sites (N-methyl/N-ethyl adjacent to an activating group) is 1. The first-order valence-corrected chi connectivity index (χ1v) is 9.34. The summed E-state index contributed by atoms with van der Waals surface area (Å²) in [6.45, 7) is 5.95. The molecule has 4 rings (SSSR count). The van der Waals surface area contributed by atoms with E-state index in [0.717, 1.165) is 31.7 Å². The third-order valence-corrected chi connectivity index (χ3v) is 5.81. The molecule has 1 aromatic rings. The van der Waals surface area contributed by atoms with Crippen molar-refractivity contribution in [2.75, 3.05) is 57.8 Å². The van der Waals surface area contributed by atoms with Gasteiger partial charge in [-0.2, -0.15) is 0 Å². The molecular formula is C19H26N4O3. The van der Waals surface area contributed by atoms with Gasteiger partial charge in [0.2, 0.25) is 0 Å². The van der Waals surface area contributed by atoms with Crippen LogP contribution in [-0.2, 0) is 4.74 Å². The Labute approximate surface area is 153 Å². The third-order valence-electron chi connectivity index (χ3n) is 5.81. The monoisotopic (exact) mass is 358 g/mol. The van der Waals surface area contributed by atoms with E-state index in [4.69, 9.17) is 4.74 Å². The minimum Gasteiger partial charge on any atom is -0.441 e. The van der Waals surface area contributed by atoms with Crippen LogP contribution in [0.25, 0.3) is 0 Å². The highest BCUT2D eigenvalue weighted by molar-refractivity contribution is 5.94. The molecule has 3 aliphatic rings. The van der Waals surface area contributed by atoms with E-state index in [1.165, 1.54) is 5.69 Å². The molecule has 0 saturated carbocycles. The van der Waals surface area contributed by atoms with Crippen molar-refractivity contribution >= 4 is 17.7 Å². The molecule has 0 bridgehead atoms. The first kappa shape index (κ1) is 17.1. The molecule has 3 fully saturated rings. The number of likely N-dealkylation sites (tertiary alicyclic amines) is 1. The first-order valence-electron chi connectivity index (χ1n) is 9.34. The summed E-state index contributed by atoms with van der Waals surface area (Å²) in [4.78, 5) is 30.6. The molecule has 1 spiro atoms. The van der Waals surface area contributed by atoms with Crippen LogP contribution < -0.4 is 10.2 Å². The number of nitrogens with one attached hydrogen (secondary N) is 1. The van der Waals surface area contributed by atoms with Crippen molar-refractivity contribution in [3.8, 4) is 0 Å². The van der Waals surface area contributed by atoms with Crippen LogP contribution in [0.15, 0.2) is 24.3 Å². The zero-order chi connectivity index (χ0) is 18.1. The highest BCUT2D eigenvalue weighted by atomic mass is 16.6. The summed E-state index contributed by atoms with van der Waals surface area (Å²) in [6.07, 6.45) is 1.04. The van der Waals surface area contributed by atoms with Gasteiger partial charge in [0.1, 0.15) is 5.60 Å². The fraction of sp³-hybridized carbons (Fsp3) is 0.579. The molecular weight excluding hydrogens is 332 g/mol. The minimum atomic E-state index is -0.418. The van der Waals surface area contributed by atoms with Crippen molar-refractivity contribution in [2.45, 2.75) is 18.4 Å². The topological polar surface area (TPSA) is 65.1 Å². The number of alkyl carbamates (subject to hydrolysis) is 1. The molecule has 3 aliphatic heterocycles. The number of piperidine rings is 1. The number of anilines is 1. The molecule has 1 aromatic carbocycles. The molecule has 2 amide bonds. The van der Waals surface area contributed by atoms with Crippen LogP contribution in [0.5, 0.6) is 0 Å². The highest BCUT2D eigenvalue weighted by Crippen LogP contribution is 2.30. The van der Waals surface area contributed by atoms with Crippen LogP contribution in [0.2, 0.25) is 0 Å². The number of nitrogens with zero attached hydrogens (tertiary/aromatic N) is 3. The number of carbonyl (C=O) groups excluding carboxylic acids is 2. The summed E-state index contributed by atoms with van der Waals surface area (Å²) in [5.74, 6) is 0.0575. The molecule has 26 heavy (non-hydrogen) atoms. The maximum Gasteiger partial charge on any atom is 0.407 e. The van der Waals surface area contributed by atoms with Gasteiger partial charge < -0.3 is 24.8 Å². The number of amides is 2. The lowest BCUT2D eigenvalue weighted by Crippen LogP contribution is -2.48. The lowest BCUT2D eigenvalue weighted by Gasteiger charge is -2.37. The van der Waals surface area contributed by atoms with E-state index >= 15 is 0 Å². The quantitative estimate of drug-likeness (QED) is 0.859. The molecule has 1 N–H and O–H groups in total. The highest BCUT2D eigenvalue weighted by Gasteiger charge is 2.43. The van der Waals surface area contributed by atoms with Crippen molar-refractivity contribution in [3.05, 3.63) is 29.8 Å². The van der Waals surface area contributed by atoms with E-state index in [1.807, 2.05) is 29.2 Å². The Morgan fingerprint density at radius 2 is 1.69 bits per heavy atom. The summed E-state index contributed by atoms with van der Waals surface area (Å²) in [7, 11) is 2.14. The fourth-order valence-electron chi connectivity index (χ4n) is 3.96. The maximum atomic E-state index is 12.8. The summed E-state index contributed by atoms with van der Waals surface area (Å²) in [5.41, 5.74) is 1.48. The van der Waals surface area contributed by atoms with Crippen molar-refractivity contribution in [3.63, 3.8) is 0 Å². The van der Waals surface area contributed by atoms with E-state index in [9.17, 15) is 9.59 Å². The van der Waals surface area contributed by atoms with E-state index in [2.05, 4.69) is 22.2 Å². The molecule has 3 heterocycles. The van der Waals surface area contributed by atoms with Crippen molar-refractivity contribution in [1.29, 1.82) is 0 Å². The van der Waals surface area contributed by atoms with Gasteiger partial charge in [-0.3, -0.25) is 4.79 Å². The molecule has 140 valence electrons. The lowest BCUT2D eigenvalue weighted by atomic mass is 9.91. The SMILES string of the molecule is CN1CCN(c2ccc(C(=O)N3CCC4(CC3)CNC(=O)O4)cc2)CC1. The van der Waals surface area contributed by atoms with Crippen LogP contribution in [-0.4, -0.2) is 80.3 Å². The maximum absolute atomic E-state index is 12.8. The molecule has 0 atom stereocenters.